The standard InChI is InChI=1S/C13H12N4O2/c1-9-13(17(18)19)10(2)16(15-9)8-12-5-3-11(7-14)4-6-12/h3-6H,8H2,1-2H3. The van der Waals surface area contributed by atoms with Crippen molar-refractivity contribution < 1.29 is 4.92 Å². The average molecular weight is 256 g/mol. The first-order chi connectivity index (χ1) is 9.02. The van der Waals surface area contributed by atoms with Gasteiger partial charge in [-0.25, -0.2) is 0 Å². The number of benzene rings is 1. The van der Waals surface area contributed by atoms with Gasteiger partial charge in [-0.15, -0.1) is 0 Å². The summed E-state index contributed by atoms with van der Waals surface area (Å²) < 4.78 is 1.61. The fourth-order valence-corrected chi connectivity index (χ4v) is 1.96. The number of hydrogen-bond donors (Lipinski definition) is 0. The Bertz CT molecular complexity index is 665. The minimum atomic E-state index is -0.410. The molecule has 6 nitrogen and oxygen atoms in total. The molecule has 0 unspecified atom stereocenters. The summed E-state index contributed by atoms with van der Waals surface area (Å²) in [5, 5.41) is 23.8. The van der Waals surface area contributed by atoms with Gasteiger partial charge < -0.3 is 0 Å². The van der Waals surface area contributed by atoms with E-state index in [-0.39, 0.29) is 5.69 Å². The van der Waals surface area contributed by atoms with E-state index in [4.69, 9.17) is 5.26 Å². The maximum Gasteiger partial charge on any atom is 0.312 e. The van der Waals surface area contributed by atoms with E-state index in [0.717, 1.165) is 5.56 Å². The molecule has 0 spiro atoms. The molecular weight excluding hydrogens is 244 g/mol. The Morgan fingerprint density at radius 2 is 2.00 bits per heavy atom. The SMILES string of the molecule is Cc1nn(Cc2ccc(C#N)cc2)c(C)c1[N+](=O)[O-]. The molecule has 0 atom stereocenters. The maximum atomic E-state index is 10.9. The molecule has 1 aromatic heterocycles. The van der Waals surface area contributed by atoms with Gasteiger partial charge in [-0.1, -0.05) is 12.1 Å². The fraction of sp³-hybridized carbons (Fsp3) is 0.231. The zero-order valence-corrected chi connectivity index (χ0v) is 10.6. The van der Waals surface area contributed by atoms with Crippen molar-refractivity contribution in [3.8, 4) is 6.07 Å². The van der Waals surface area contributed by atoms with Crippen LogP contribution in [-0.2, 0) is 6.54 Å². The lowest BCUT2D eigenvalue weighted by Gasteiger charge is -2.03. The molecule has 0 saturated carbocycles. The molecule has 0 aliphatic heterocycles. The van der Waals surface area contributed by atoms with Crippen LogP contribution in [0.15, 0.2) is 24.3 Å². The van der Waals surface area contributed by atoms with Crippen LogP contribution in [0.1, 0.15) is 22.5 Å². The molecule has 1 aromatic carbocycles. The van der Waals surface area contributed by atoms with Crippen LogP contribution in [0.5, 0.6) is 0 Å². The van der Waals surface area contributed by atoms with Crippen molar-refractivity contribution in [1.29, 1.82) is 5.26 Å². The van der Waals surface area contributed by atoms with E-state index < -0.39 is 4.92 Å². The summed E-state index contributed by atoms with van der Waals surface area (Å²) in [6.07, 6.45) is 0. The molecule has 19 heavy (non-hydrogen) atoms. The van der Waals surface area contributed by atoms with Gasteiger partial charge in [0.1, 0.15) is 11.4 Å². The van der Waals surface area contributed by atoms with Gasteiger partial charge in [0.25, 0.3) is 0 Å². The summed E-state index contributed by atoms with van der Waals surface area (Å²) in [4.78, 5) is 10.5. The van der Waals surface area contributed by atoms with Gasteiger partial charge in [-0.05, 0) is 31.5 Å². The number of nitriles is 1. The van der Waals surface area contributed by atoms with Crippen LogP contribution in [-0.4, -0.2) is 14.7 Å². The minimum Gasteiger partial charge on any atom is -0.258 e. The van der Waals surface area contributed by atoms with E-state index in [1.165, 1.54) is 0 Å². The van der Waals surface area contributed by atoms with Gasteiger partial charge in [0.05, 0.1) is 23.1 Å². The second-order valence-electron chi connectivity index (χ2n) is 4.24. The molecule has 0 amide bonds. The molecule has 6 heteroatoms. The molecular formula is C13H12N4O2. The Hall–Kier alpha value is -2.68. The Balaban J connectivity index is 2.31. The number of aromatic nitrogens is 2. The summed E-state index contributed by atoms with van der Waals surface area (Å²) in [5.41, 5.74) is 2.54. The normalized spacial score (nSPS) is 10.2. The molecule has 0 saturated heterocycles. The Morgan fingerprint density at radius 1 is 1.37 bits per heavy atom. The first kappa shape index (κ1) is 12.8. The lowest BCUT2D eigenvalue weighted by Crippen LogP contribution is -2.04. The molecule has 0 N–H and O–H groups in total. The van der Waals surface area contributed by atoms with Crippen molar-refractivity contribution in [3.63, 3.8) is 0 Å². The second-order valence-corrected chi connectivity index (χ2v) is 4.24. The van der Waals surface area contributed by atoms with Gasteiger partial charge in [0, 0.05) is 0 Å². The van der Waals surface area contributed by atoms with E-state index in [1.807, 2.05) is 18.2 Å². The van der Waals surface area contributed by atoms with Gasteiger partial charge in [0.15, 0.2) is 0 Å². The topological polar surface area (TPSA) is 84.8 Å². The molecule has 96 valence electrons. The highest BCUT2D eigenvalue weighted by Gasteiger charge is 2.21. The zero-order valence-electron chi connectivity index (χ0n) is 10.6. The summed E-state index contributed by atoms with van der Waals surface area (Å²) in [7, 11) is 0. The van der Waals surface area contributed by atoms with Crippen molar-refractivity contribution in [2.45, 2.75) is 20.4 Å². The molecule has 0 bridgehead atoms. The highest BCUT2D eigenvalue weighted by atomic mass is 16.6. The molecule has 1 heterocycles. The van der Waals surface area contributed by atoms with E-state index in [1.54, 1.807) is 30.7 Å². The van der Waals surface area contributed by atoms with Crippen LogP contribution in [0.4, 0.5) is 5.69 Å². The van der Waals surface area contributed by atoms with E-state index in [2.05, 4.69) is 5.10 Å². The largest absolute Gasteiger partial charge is 0.312 e. The number of nitrogens with zero attached hydrogens (tertiary/aromatic N) is 4. The molecule has 0 radical (unpaired) electrons. The van der Waals surface area contributed by atoms with Crippen molar-refractivity contribution in [2.24, 2.45) is 0 Å². The predicted molar refractivity (Wildman–Crippen MR) is 68.6 cm³/mol. The van der Waals surface area contributed by atoms with Crippen LogP contribution < -0.4 is 0 Å². The monoisotopic (exact) mass is 256 g/mol. The third-order valence-electron chi connectivity index (χ3n) is 2.94. The minimum absolute atomic E-state index is 0.0636. The fourth-order valence-electron chi connectivity index (χ4n) is 1.96. The van der Waals surface area contributed by atoms with Crippen LogP contribution in [0, 0.1) is 35.3 Å². The second kappa shape index (κ2) is 4.90. The van der Waals surface area contributed by atoms with E-state index in [0.29, 0.717) is 23.5 Å². The number of rotatable bonds is 3. The quantitative estimate of drug-likeness (QED) is 0.623. The number of hydrogen-bond acceptors (Lipinski definition) is 4. The number of nitro groups is 1. The predicted octanol–water partition coefficient (Wildman–Crippen LogP) is 2.33. The summed E-state index contributed by atoms with van der Waals surface area (Å²) in [6.45, 7) is 3.76. The van der Waals surface area contributed by atoms with Crippen molar-refractivity contribution in [2.75, 3.05) is 0 Å². The Morgan fingerprint density at radius 3 is 2.47 bits per heavy atom. The van der Waals surface area contributed by atoms with Gasteiger partial charge >= 0.3 is 5.69 Å². The van der Waals surface area contributed by atoms with Gasteiger partial charge in [-0.2, -0.15) is 10.4 Å². The van der Waals surface area contributed by atoms with E-state index in [9.17, 15) is 10.1 Å². The van der Waals surface area contributed by atoms with Crippen molar-refractivity contribution >= 4 is 5.69 Å². The molecule has 0 fully saturated rings. The summed E-state index contributed by atoms with van der Waals surface area (Å²) in [6, 6.07) is 9.12. The van der Waals surface area contributed by atoms with Crippen LogP contribution in [0.25, 0.3) is 0 Å². The highest BCUT2D eigenvalue weighted by molar-refractivity contribution is 5.40. The Kier molecular flexibility index (Phi) is 3.29. The number of aryl methyl sites for hydroxylation is 1. The summed E-state index contributed by atoms with van der Waals surface area (Å²) in [5.74, 6) is 0. The van der Waals surface area contributed by atoms with Gasteiger partial charge in [0.2, 0.25) is 0 Å². The Labute approximate surface area is 110 Å². The van der Waals surface area contributed by atoms with E-state index >= 15 is 0 Å². The van der Waals surface area contributed by atoms with Gasteiger partial charge in [-0.3, -0.25) is 14.8 Å². The highest BCUT2D eigenvalue weighted by Crippen LogP contribution is 2.22. The van der Waals surface area contributed by atoms with Crippen LogP contribution in [0.2, 0.25) is 0 Å². The molecule has 0 aliphatic rings. The molecule has 2 rings (SSSR count). The van der Waals surface area contributed by atoms with Crippen LogP contribution >= 0.6 is 0 Å². The third kappa shape index (κ3) is 2.45. The van der Waals surface area contributed by atoms with Crippen molar-refractivity contribution in [3.05, 3.63) is 56.9 Å². The summed E-state index contributed by atoms with van der Waals surface area (Å²) >= 11 is 0. The van der Waals surface area contributed by atoms with Crippen molar-refractivity contribution in [1.82, 2.24) is 9.78 Å². The first-order valence-electron chi connectivity index (χ1n) is 5.70. The first-order valence-corrected chi connectivity index (χ1v) is 5.70. The average Bonchev–Trinajstić information content (AvgIpc) is 2.65. The third-order valence-corrected chi connectivity index (χ3v) is 2.94. The molecule has 0 aliphatic carbocycles. The lowest BCUT2D eigenvalue weighted by atomic mass is 10.1. The smallest absolute Gasteiger partial charge is 0.258 e. The van der Waals surface area contributed by atoms with Crippen LogP contribution in [0.3, 0.4) is 0 Å². The zero-order chi connectivity index (χ0) is 14.0. The maximum absolute atomic E-state index is 10.9. The molecule has 2 aromatic rings. The lowest BCUT2D eigenvalue weighted by molar-refractivity contribution is -0.386.